The van der Waals surface area contributed by atoms with Crippen LogP contribution < -0.4 is 5.32 Å². The van der Waals surface area contributed by atoms with E-state index in [2.05, 4.69) is 80.1 Å². The summed E-state index contributed by atoms with van der Waals surface area (Å²) in [5, 5.41) is 3.58. The maximum Gasteiger partial charge on any atom is 0.0178 e. The van der Waals surface area contributed by atoms with E-state index in [4.69, 9.17) is 0 Å². The summed E-state index contributed by atoms with van der Waals surface area (Å²) in [4.78, 5) is 0. The molecule has 0 aliphatic rings. The zero-order chi connectivity index (χ0) is 14.5. The second-order valence-corrected chi connectivity index (χ2v) is 7.83. The van der Waals surface area contributed by atoms with Crippen LogP contribution in [0.15, 0.2) is 28.7 Å². The third kappa shape index (κ3) is 7.12. The second-order valence-electron chi connectivity index (χ2n) is 6.91. The Morgan fingerprint density at radius 1 is 1.21 bits per heavy atom. The van der Waals surface area contributed by atoms with Gasteiger partial charge in [-0.2, -0.15) is 0 Å². The Bertz CT molecular complexity index is 379. The molecule has 19 heavy (non-hydrogen) atoms. The fourth-order valence-electron chi connectivity index (χ4n) is 2.13. The quantitative estimate of drug-likeness (QED) is 0.742. The van der Waals surface area contributed by atoms with Gasteiger partial charge in [-0.25, -0.2) is 0 Å². The molecule has 0 aliphatic carbocycles. The van der Waals surface area contributed by atoms with E-state index in [1.54, 1.807) is 0 Å². The van der Waals surface area contributed by atoms with E-state index in [0.29, 0.717) is 17.4 Å². The fourth-order valence-corrected chi connectivity index (χ4v) is 2.55. The summed E-state index contributed by atoms with van der Waals surface area (Å²) in [6.07, 6.45) is 2.49. The molecule has 1 atom stereocenters. The summed E-state index contributed by atoms with van der Waals surface area (Å²) in [7, 11) is 0. The second kappa shape index (κ2) is 7.44. The van der Waals surface area contributed by atoms with Crippen molar-refractivity contribution in [2.45, 2.75) is 59.4 Å². The normalized spacial score (nSPS) is 13.8. The average Bonchev–Trinajstić information content (AvgIpc) is 2.27. The van der Waals surface area contributed by atoms with Crippen LogP contribution in [0.1, 0.15) is 58.9 Å². The smallest absolute Gasteiger partial charge is 0.0178 e. The summed E-state index contributed by atoms with van der Waals surface area (Å²) in [6.45, 7) is 12.4. The summed E-state index contributed by atoms with van der Waals surface area (Å²) < 4.78 is 1.18. The number of halogens is 1. The zero-order valence-corrected chi connectivity index (χ0v) is 14.5. The van der Waals surface area contributed by atoms with Gasteiger partial charge < -0.3 is 5.32 Å². The predicted octanol–water partition coefficient (Wildman–Crippen LogP) is 5.36. The monoisotopic (exact) mass is 325 g/mol. The van der Waals surface area contributed by atoms with Gasteiger partial charge in [0.05, 0.1) is 0 Å². The molecule has 0 aliphatic heterocycles. The summed E-state index contributed by atoms with van der Waals surface area (Å²) >= 11 is 3.58. The van der Waals surface area contributed by atoms with Gasteiger partial charge >= 0.3 is 0 Å². The van der Waals surface area contributed by atoms with Crippen molar-refractivity contribution in [2.75, 3.05) is 6.54 Å². The molecule has 0 bridgehead atoms. The van der Waals surface area contributed by atoms with Crippen LogP contribution in [0, 0.1) is 5.41 Å². The Kier molecular flexibility index (Phi) is 6.55. The first-order valence-electron chi connectivity index (χ1n) is 7.27. The van der Waals surface area contributed by atoms with Gasteiger partial charge in [-0.1, -0.05) is 62.7 Å². The summed E-state index contributed by atoms with van der Waals surface area (Å²) in [5.74, 6) is 0.596. The number of benzene rings is 1. The van der Waals surface area contributed by atoms with Crippen molar-refractivity contribution in [3.05, 3.63) is 34.3 Å². The number of nitrogens with one attached hydrogen (secondary N) is 1. The topological polar surface area (TPSA) is 12.0 Å². The zero-order valence-electron chi connectivity index (χ0n) is 13.0. The van der Waals surface area contributed by atoms with Crippen molar-refractivity contribution >= 4 is 15.9 Å². The van der Waals surface area contributed by atoms with Crippen LogP contribution in [-0.2, 0) is 0 Å². The molecule has 2 heteroatoms. The SMILES string of the molecule is CC(C)NCC(CCC(C)(C)C)c1cccc(Br)c1. The molecule has 1 nitrogen and oxygen atoms in total. The highest BCUT2D eigenvalue weighted by Gasteiger charge is 2.17. The lowest BCUT2D eigenvalue weighted by Crippen LogP contribution is -2.28. The Balaban J connectivity index is 2.73. The number of rotatable bonds is 6. The van der Waals surface area contributed by atoms with Crippen molar-refractivity contribution in [1.82, 2.24) is 5.32 Å². The van der Waals surface area contributed by atoms with E-state index < -0.39 is 0 Å². The van der Waals surface area contributed by atoms with Gasteiger partial charge in [0.2, 0.25) is 0 Å². The molecular formula is C17H28BrN. The average molecular weight is 326 g/mol. The Morgan fingerprint density at radius 2 is 1.89 bits per heavy atom. The predicted molar refractivity (Wildman–Crippen MR) is 88.7 cm³/mol. The van der Waals surface area contributed by atoms with Crippen molar-refractivity contribution in [3.8, 4) is 0 Å². The molecule has 108 valence electrons. The van der Waals surface area contributed by atoms with Gasteiger partial charge in [0.15, 0.2) is 0 Å². The maximum absolute atomic E-state index is 3.58. The lowest BCUT2D eigenvalue weighted by Gasteiger charge is -2.25. The van der Waals surface area contributed by atoms with Gasteiger partial charge in [-0.3, -0.25) is 0 Å². The van der Waals surface area contributed by atoms with Crippen molar-refractivity contribution in [3.63, 3.8) is 0 Å². The minimum Gasteiger partial charge on any atom is -0.314 e. The van der Waals surface area contributed by atoms with E-state index in [1.807, 2.05) is 0 Å². The highest BCUT2D eigenvalue weighted by atomic mass is 79.9. The number of hydrogen-bond donors (Lipinski definition) is 1. The molecule has 0 radical (unpaired) electrons. The molecule has 0 saturated heterocycles. The first kappa shape index (κ1) is 16.7. The van der Waals surface area contributed by atoms with Crippen molar-refractivity contribution < 1.29 is 0 Å². The molecule has 1 aromatic rings. The van der Waals surface area contributed by atoms with Crippen LogP contribution in [0.25, 0.3) is 0 Å². The van der Waals surface area contributed by atoms with Crippen molar-refractivity contribution in [1.29, 1.82) is 0 Å². The maximum atomic E-state index is 3.58. The molecule has 0 fully saturated rings. The molecule has 1 aromatic carbocycles. The van der Waals surface area contributed by atoms with Crippen LogP contribution in [0.4, 0.5) is 0 Å². The Hall–Kier alpha value is -0.340. The minimum absolute atomic E-state index is 0.405. The fraction of sp³-hybridized carbons (Fsp3) is 0.647. The number of hydrogen-bond acceptors (Lipinski definition) is 1. The van der Waals surface area contributed by atoms with Gasteiger partial charge in [0.1, 0.15) is 0 Å². The first-order valence-corrected chi connectivity index (χ1v) is 8.06. The largest absolute Gasteiger partial charge is 0.314 e. The van der Waals surface area contributed by atoms with Crippen LogP contribution in [0.5, 0.6) is 0 Å². The molecule has 0 aromatic heterocycles. The third-order valence-corrected chi connectivity index (χ3v) is 3.83. The van der Waals surface area contributed by atoms with E-state index >= 15 is 0 Å². The van der Waals surface area contributed by atoms with Crippen LogP contribution in [0.3, 0.4) is 0 Å². The first-order chi connectivity index (χ1) is 8.78. The molecule has 1 unspecified atom stereocenters. The molecule has 0 spiro atoms. The van der Waals surface area contributed by atoms with Gasteiger partial charge in [-0.05, 0) is 41.9 Å². The Labute approximate surface area is 127 Å². The van der Waals surface area contributed by atoms with Gasteiger partial charge in [0, 0.05) is 17.1 Å². The minimum atomic E-state index is 0.405. The summed E-state index contributed by atoms with van der Waals surface area (Å²) in [5.41, 5.74) is 1.84. The molecule has 0 heterocycles. The van der Waals surface area contributed by atoms with Gasteiger partial charge in [0.25, 0.3) is 0 Å². The Morgan fingerprint density at radius 3 is 2.42 bits per heavy atom. The van der Waals surface area contributed by atoms with E-state index in [-0.39, 0.29) is 0 Å². The van der Waals surface area contributed by atoms with Gasteiger partial charge in [-0.15, -0.1) is 0 Å². The summed E-state index contributed by atoms with van der Waals surface area (Å²) in [6, 6.07) is 9.29. The van der Waals surface area contributed by atoms with Crippen LogP contribution in [-0.4, -0.2) is 12.6 Å². The molecule has 1 rings (SSSR count). The van der Waals surface area contributed by atoms with E-state index in [0.717, 1.165) is 6.54 Å². The standard InChI is InChI=1S/C17H28BrN/c1-13(2)19-12-15(9-10-17(3,4)5)14-7-6-8-16(18)11-14/h6-8,11,13,15,19H,9-10,12H2,1-5H3. The van der Waals surface area contributed by atoms with E-state index in [9.17, 15) is 0 Å². The molecule has 1 N–H and O–H groups in total. The lowest BCUT2D eigenvalue weighted by atomic mass is 9.84. The van der Waals surface area contributed by atoms with E-state index in [1.165, 1.54) is 22.9 Å². The third-order valence-electron chi connectivity index (χ3n) is 3.34. The highest BCUT2D eigenvalue weighted by molar-refractivity contribution is 9.10. The molecule has 0 amide bonds. The molecular weight excluding hydrogens is 298 g/mol. The molecule has 0 saturated carbocycles. The lowest BCUT2D eigenvalue weighted by molar-refractivity contribution is 0.342. The van der Waals surface area contributed by atoms with Crippen molar-refractivity contribution in [2.24, 2.45) is 5.41 Å². The van der Waals surface area contributed by atoms with Crippen LogP contribution >= 0.6 is 15.9 Å². The highest BCUT2D eigenvalue weighted by Crippen LogP contribution is 2.29. The van der Waals surface area contributed by atoms with Crippen LogP contribution in [0.2, 0.25) is 0 Å².